The average Bonchev–Trinajstić information content (AvgIpc) is 2.60. The fraction of sp³-hybridized carbons (Fsp3) is 0.333. The van der Waals surface area contributed by atoms with Crippen molar-refractivity contribution in [2.24, 2.45) is 5.10 Å². The van der Waals surface area contributed by atoms with E-state index in [0.29, 0.717) is 11.5 Å². The second-order valence-electron chi connectivity index (χ2n) is 7.14. The van der Waals surface area contributed by atoms with Crippen molar-refractivity contribution in [1.29, 1.82) is 0 Å². The van der Waals surface area contributed by atoms with Crippen LogP contribution in [0.15, 0.2) is 53.6 Å². The van der Waals surface area contributed by atoms with Gasteiger partial charge in [-0.1, -0.05) is 74.8 Å². The van der Waals surface area contributed by atoms with Crippen molar-refractivity contribution in [1.82, 2.24) is 5.43 Å². The minimum Gasteiger partial charge on any atom is -0.272 e. The first-order chi connectivity index (χ1) is 12.3. The molecule has 0 aromatic heterocycles. The van der Waals surface area contributed by atoms with Gasteiger partial charge < -0.3 is 0 Å². The van der Waals surface area contributed by atoms with Crippen LogP contribution in [-0.2, 0) is 16.0 Å². The summed E-state index contributed by atoms with van der Waals surface area (Å²) >= 11 is 7.63. The minimum absolute atomic E-state index is 0.118. The minimum atomic E-state index is -0.118. The lowest BCUT2D eigenvalue weighted by molar-refractivity contribution is -0.118. The third kappa shape index (κ3) is 6.19. The van der Waals surface area contributed by atoms with Crippen molar-refractivity contribution in [3.8, 4) is 0 Å². The van der Waals surface area contributed by atoms with E-state index < -0.39 is 0 Å². The summed E-state index contributed by atoms with van der Waals surface area (Å²) in [4.78, 5) is 12.0. The van der Waals surface area contributed by atoms with E-state index in [1.54, 1.807) is 0 Å². The molecule has 2 aromatic rings. The van der Waals surface area contributed by atoms with Crippen molar-refractivity contribution in [3.63, 3.8) is 0 Å². The van der Waals surface area contributed by atoms with Crippen LogP contribution in [0.2, 0.25) is 5.02 Å². The first kappa shape index (κ1) is 20.5. The van der Waals surface area contributed by atoms with Gasteiger partial charge in [0.05, 0.1) is 11.5 Å². The van der Waals surface area contributed by atoms with E-state index in [2.05, 4.69) is 43.4 Å². The molecular formula is C21H25ClN2OS. The monoisotopic (exact) mass is 388 g/mol. The summed E-state index contributed by atoms with van der Waals surface area (Å²) in [5.74, 6) is 0.919. The first-order valence-corrected chi connectivity index (χ1v) is 10.1. The third-order valence-electron chi connectivity index (χ3n) is 3.97. The summed E-state index contributed by atoms with van der Waals surface area (Å²) < 4.78 is 0. The maximum atomic E-state index is 12.0. The van der Waals surface area contributed by atoms with Crippen molar-refractivity contribution in [3.05, 3.63) is 70.2 Å². The van der Waals surface area contributed by atoms with Gasteiger partial charge in [-0.25, -0.2) is 5.43 Å². The van der Waals surface area contributed by atoms with Crippen molar-refractivity contribution in [2.45, 2.75) is 38.9 Å². The number of hydrogen-bond donors (Lipinski definition) is 1. The van der Waals surface area contributed by atoms with E-state index in [9.17, 15) is 4.79 Å². The molecule has 0 aliphatic heterocycles. The number of carbonyl (C=O) groups is 1. The van der Waals surface area contributed by atoms with Crippen LogP contribution in [-0.4, -0.2) is 17.4 Å². The highest BCUT2D eigenvalue weighted by Crippen LogP contribution is 2.22. The number of benzene rings is 2. The summed E-state index contributed by atoms with van der Waals surface area (Å²) in [7, 11) is 0. The number of carbonyl (C=O) groups excluding carboxylic acids is 1. The Morgan fingerprint density at radius 3 is 2.38 bits per heavy atom. The van der Waals surface area contributed by atoms with Crippen molar-refractivity contribution < 1.29 is 4.79 Å². The molecule has 0 atom stereocenters. The number of thioether (sulfide) groups is 1. The molecule has 2 aromatic carbocycles. The molecule has 0 saturated carbocycles. The second kappa shape index (κ2) is 9.24. The first-order valence-electron chi connectivity index (χ1n) is 8.52. The van der Waals surface area contributed by atoms with E-state index in [1.165, 1.54) is 17.3 Å². The molecule has 138 valence electrons. The van der Waals surface area contributed by atoms with Crippen LogP contribution in [0.4, 0.5) is 0 Å². The zero-order valence-corrected chi connectivity index (χ0v) is 17.2. The van der Waals surface area contributed by atoms with Gasteiger partial charge in [0.25, 0.3) is 0 Å². The molecule has 2 rings (SSSR count). The highest BCUT2D eigenvalue weighted by molar-refractivity contribution is 7.99. The van der Waals surface area contributed by atoms with Crippen LogP contribution >= 0.6 is 23.4 Å². The normalized spacial score (nSPS) is 12.1. The maximum Gasteiger partial charge on any atom is 0.250 e. The predicted octanol–water partition coefficient (Wildman–Crippen LogP) is 5.41. The Labute approximate surface area is 165 Å². The van der Waals surface area contributed by atoms with Gasteiger partial charge >= 0.3 is 0 Å². The van der Waals surface area contributed by atoms with Crippen LogP contribution in [0.5, 0.6) is 0 Å². The quantitative estimate of drug-likeness (QED) is 0.530. The zero-order chi connectivity index (χ0) is 19.2. The number of rotatable bonds is 6. The summed E-state index contributed by atoms with van der Waals surface area (Å²) in [5, 5.41) is 4.94. The highest BCUT2D eigenvalue weighted by Gasteiger charge is 2.13. The molecule has 0 fully saturated rings. The predicted molar refractivity (Wildman–Crippen MR) is 113 cm³/mol. The number of halogens is 1. The van der Waals surface area contributed by atoms with Crippen LogP contribution in [0.3, 0.4) is 0 Å². The molecule has 0 saturated heterocycles. The second-order valence-corrected chi connectivity index (χ2v) is 8.54. The van der Waals surface area contributed by atoms with Gasteiger partial charge in [0, 0.05) is 10.8 Å². The van der Waals surface area contributed by atoms with E-state index >= 15 is 0 Å². The Balaban J connectivity index is 1.84. The molecule has 0 unspecified atom stereocenters. The molecule has 0 spiro atoms. The molecule has 26 heavy (non-hydrogen) atoms. The zero-order valence-electron chi connectivity index (χ0n) is 15.7. The van der Waals surface area contributed by atoms with Gasteiger partial charge in [0.2, 0.25) is 5.91 Å². The van der Waals surface area contributed by atoms with Crippen LogP contribution in [0.1, 0.15) is 44.4 Å². The Kier molecular flexibility index (Phi) is 7.30. The van der Waals surface area contributed by atoms with Crippen molar-refractivity contribution in [2.75, 3.05) is 5.75 Å². The van der Waals surface area contributed by atoms with Crippen molar-refractivity contribution >= 4 is 35.0 Å². The molecule has 0 heterocycles. The fourth-order valence-electron chi connectivity index (χ4n) is 2.32. The number of nitrogens with one attached hydrogen (secondary N) is 1. The Morgan fingerprint density at radius 1 is 1.12 bits per heavy atom. The van der Waals surface area contributed by atoms with E-state index in [1.807, 2.05) is 43.3 Å². The Bertz CT molecular complexity index is 779. The number of hydrogen-bond acceptors (Lipinski definition) is 3. The number of amides is 1. The molecule has 0 aliphatic rings. The van der Waals surface area contributed by atoms with Gasteiger partial charge in [-0.2, -0.15) is 5.10 Å². The summed E-state index contributed by atoms with van der Waals surface area (Å²) in [6, 6.07) is 16.0. The molecule has 5 heteroatoms. The Hall–Kier alpha value is -1.78. The molecule has 0 bridgehead atoms. The van der Waals surface area contributed by atoms with Gasteiger partial charge in [-0.15, -0.1) is 11.8 Å². The van der Waals surface area contributed by atoms with Gasteiger partial charge in [0.1, 0.15) is 0 Å². The van der Waals surface area contributed by atoms with E-state index in [0.717, 1.165) is 21.9 Å². The van der Waals surface area contributed by atoms with Crippen LogP contribution in [0, 0.1) is 0 Å². The summed E-state index contributed by atoms with van der Waals surface area (Å²) in [6.45, 7) is 8.44. The maximum absolute atomic E-state index is 12.0. The molecule has 3 nitrogen and oxygen atoms in total. The van der Waals surface area contributed by atoms with E-state index in [-0.39, 0.29) is 11.3 Å². The van der Waals surface area contributed by atoms with Crippen LogP contribution in [0.25, 0.3) is 0 Å². The molecular weight excluding hydrogens is 364 g/mol. The molecule has 0 aliphatic carbocycles. The molecule has 1 N–H and O–H groups in total. The van der Waals surface area contributed by atoms with Gasteiger partial charge in [0.15, 0.2) is 0 Å². The van der Waals surface area contributed by atoms with Gasteiger partial charge in [-0.05, 0) is 35.1 Å². The third-order valence-corrected chi connectivity index (χ3v) is 5.32. The fourth-order valence-corrected chi connectivity index (χ4v) is 3.43. The topological polar surface area (TPSA) is 41.5 Å². The van der Waals surface area contributed by atoms with Gasteiger partial charge in [-0.3, -0.25) is 4.79 Å². The number of hydrazone groups is 1. The lowest BCUT2D eigenvalue weighted by Gasteiger charge is -2.19. The number of nitrogens with zero attached hydrogens (tertiary/aromatic N) is 1. The van der Waals surface area contributed by atoms with Crippen LogP contribution < -0.4 is 5.43 Å². The lowest BCUT2D eigenvalue weighted by Crippen LogP contribution is -2.21. The summed E-state index contributed by atoms with van der Waals surface area (Å²) in [6.07, 6.45) is 0. The Morgan fingerprint density at radius 2 is 1.77 bits per heavy atom. The van der Waals surface area contributed by atoms with E-state index in [4.69, 9.17) is 11.6 Å². The lowest BCUT2D eigenvalue weighted by atomic mass is 9.86. The molecule has 0 radical (unpaired) electrons. The highest BCUT2D eigenvalue weighted by atomic mass is 35.5. The SMILES string of the molecule is CC(=NNC(=O)CSCc1ccccc1Cl)c1ccc(C(C)(C)C)cc1. The largest absolute Gasteiger partial charge is 0.272 e. The summed E-state index contributed by atoms with van der Waals surface area (Å²) in [5.41, 5.74) is 6.84. The average molecular weight is 389 g/mol. The standard InChI is InChI=1S/C21H25ClN2OS/c1-15(16-9-11-18(12-10-16)21(2,3)4)23-24-20(25)14-26-13-17-7-5-6-8-19(17)22/h5-12H,13-14H2,1-4H3,(H,24,25). The smallest absolute Gasteiger partial charge is 0.250 e. The molecule has 1 amide bonds.